The van der Waals surface area contributed by atoms with Crippen molar-refractivity contribution < 1.29 is 13.9 Å². The molecule has 2 amide bonds. The lowest BCUT2D eigenvalue weighted by Crippen LogP contribution is -2.34. The predicted octanol–water partition coefficient (Wildman–Crippen LogP) is 2.20. The third-order valence-corrected chi connectivity index (χ3v) is 3.20. The largest absolute Gasteiger partial charge is 0.464 e. The first kappa shape index (κ1) is 14.5. The van der Waals surface area contributed by atoms with Crippen LogP contribution in [0.25, 0.3) is 0 Å². The molecule has 0 fully saturated rings. The van der Waals surface area contributed by atoms with Crippen molar-refractivity contribution in [3.05, 3.63) is 29.2 Å². The third kappa shape index (κ3) is 3.78. The van der Waals surface area contributed by atoms with Crippen LogP contribution in [0, 0.1) is 0 Å². The number of urea groups is 1. The van der Waals surface area contributed by atoms with Gasteiger partial charge in [0.15, 0.2) is 0 Å². The van der Waals surface area contributed by atoms with Crippen LogP contribution in [0.4, 0.5) is 9.93 Å². The van der Waals surface area contributed by atoms with Gasteiger partial charge in [-0.05, 0) is 12.1 Å². The van der Waals surface area contributed by atoms with E-state index < -0.39 is 0 Å². The summed E-state index contributed by atoms with van der Waals surface area (Å²) in [5.41, 5.74) is 1.54. The van der Waals surface area contributed by atoms with Gasteiger partial charge in [0.1, 0.15) is 23.1 Å². The van der Waals surface area contributed by atoms with Crippen molar-refractivity contribution in [1.82, 2.24) is 15.5 Å². The van der Waals surface area contributed by atoms with Crippen LogP contribution in [0.5, 0.6) is 0 Å². The molecule has 0 aliphatic heterocycles. The number of aromatic nitrogens is 2. The summed E-state index contributed by atoms with van der Waals surface area (Å²) in [6.45, 7) is 2.32. The summed E-state index contributed by atoms with van der Waals surface area (Å²) in [7, 11) is 1.57. The number of methoxy groups -OCH3 is 1. The third-order valence-electron chi connectivity index (χ3n) is 2.59. The van der Waals surface area contributed by atoms with Gasteiger partial charge in [-0.3, -0.25) is 5.32 Å². The molecule has 1 atom stereocenters. The molecule has 0 unspecified atom stereocenters. The van der Waals surface area contributed by atoms with Crippen LogP contribution in [0.2, 0.25) is 0 Å². The Hall–Kier alpha value is -1.93. The van der Waals surface area contributed by atoms with Crippen LogP contribution in [-0.2, 0) is 11.2 Å². The number of nitrogens with zero attached hydrogens (tertiary/aromatic N) is 2. The Labute approximate surface area is 120 Å². The highest BCUT2D eigenvalue weighted by Gasteiger charge is 2.18. The molecular weight excluding hydrogens is 280 g/mol. The van der Waals surface area contributed by atoms with Gasteiger partial charge >= 0.3 is 6.03 Å². The summed E-state index contributed by atoms with van der Waals surface area (Å²) >= 11 is 1.25. The molecular formula is C12H16N4O3S. The minimum atomic E-state index is -0.377. The van der Waals surface area contributed by atoms with Gasteiger partial charge < -0.3 is 14.5 Å². The summed E-state index contributed by atoms with van der Waals surface area (Å²) in [6.07, 6.45) is 0.802. The minimum Gasteiger partial charge on any atom is -0.464 e. The number of aryl methyl sites for hydroxylation is 1. The van der Waals surface area contributed by atoms with Crippen LogP contribution >= 0.6 is 11.3 Å². The molecule has 2 aromatic rings. The molecule has 7 nitrogen and oxygen atoms in total. The molecule has 0 saturated heterocycles. The lowest BCUT2D eigenvalue weighted by atomic mass is 10.2. The second-order valence-corrected chi connectivity index (χ2v) is 4.84. The highest BCUT2D eigenvalue weighted by Crippen LogP contribution is 2.18. The molecule has 0 aliphatic rings. The molecule has 0 spiro atoms. The van der Waals surface area contributed by atoms with E-state index >= 15 is 0 Å². The summed E-state index contributed by atoms with van der Waals surface area (Å²) in [4.78, 5) is 11.9. The van der Waals surface area contributed by atoms with Crippen LogP contribution in [-0.4, -0.2) is 29.9 Å². The van der Waals surface area contributed by atoms with E-state index in [0.29, 0.717) is 17.5 Å². The highest BCUT2D eigenvalue weighted by molar-refractivity contribution is 7.13. The Morgan fingerprint density at radius 2 is 2.40 bits per heavy atom. The Kier molecular flexibility index (Phi) is 5.08. The average molecular weight is 296 g/mol. The average Bonchev–Trinajstić information content (AvgIpc) is 3.08. The molecule has 0 bridgehead atoms. The van der Waals surface area contributed by atoms with E-state index in [-0.39, 0.29) is 12.1 Å². The monoisotopic (exact) mass is 296 g/mol. The highest BCUT2D eigenvalue weighted by atomic mass is 32.1. The number of nitrogens with one attached hydrogen (secondary N) is 2. The van der Waals surface area contributed by atoms with Crippen molar-refractivity contribution >= 4 is 22.5 Å². The number of carbonyl (C=O) groups is 1. The van der Waals surface area contributed by atoms with Crippen LogP contribution in [0.3, 0.4) is 0 Å². The van der Waals surface area contributed by atoms with E-state index in [9.17, 15) is 4.79 Å². The fraction of sp³-hybridized carbons (Fsp3) is 0.417. The molecule has 2 N–H and O–H groups in total. The number of furan rings is 1. The van der Waals surface area contributed by atoms with Crippen LogP contribution in [0.1, 0.15) is 24.5 Å². The van der Waals surface area contributed by atoms with Gasteiger partial charge in [0, 0.05) is 13.5 Å². The van der Waals surface area contributed by atoms with Crippen molar-refractivity contribution in [2.75, 3.05) is 19.0 Å². The van der Waals surface area contributed by atoms with E-state index in [2.05, 4.69) is 20.8 Å². The number of hydrogen-bond acceptors (Lipinski definition) is 6. The first-order valence-electron chi connectivity index (χ1n) is 6.14. The Bertz CT molecular complexity index is 541. The standard InChI is InChI=1S/C12H16N4O3S/c1-3-8-4-5-10(19-8)9(6-18-2)14-11(17)15-12-16-13-7-20-12/h4-5,7,9H,3,6H2,1-2H3,(H2,14,15,16,17)/t9-/m0/s1. The summed E-state index contributed by atoms with van der Waals surface area (Å²) in [5, 5.41) is 13.2. The molecule has 2 heterocycles. The number of rotatable bonds is 6. The zero-order valence-electron chi connectivity index (χ0n) is 11.3. The van der Waals surface area contributed by atoms with Crippen molar-refractivity contribution in [2.24, 2.45) is 0 Å². The lowest BCUT2D eigenvalue weighted by molar-refractivity contribution is 0.158. The van der Waals surface area contributed by atoms with E-state index in [1.807, 2.05) is 19.1 Å². The number of hydrogen-bond donors (Lipinski definition) is 2. The number of ether oxygens (including phenoxy) is 1. The first-order chi connectivity index (χ1) is 9.72. The van der Waals surface area contributed by atoms with Crippen molar-refractivity contribution in [2.45, 2.75) is 19.4 Å². The minimum absolute atomic E-state index is 0.320. The molecule has 0 aliphatic carbocycles. The van der Waals surface area contributed by atoms with Crippen LogP contribution < -0.4 is 10.6 Å². The molecule has 0 aromatic carbocycles. The van der Waals surface area contributed by atoms with Crippen molar-refractivity contribution in [3.63, 3.8) is 0 Å². The van der Waals surface area contributed by atoms with E-state index in [0.717, 1.165) is 12.2 Å². The molecule has 108 valence electrons. The predicted molar refractivity (Wildman–Crippen MR) is 74.8 cm³/mol. The van der Waals surface area contributed by atoms with Gasteiger partial charge in [-0.25, -0.2) is 4.79 Å². The van der Waals surface area contributed by atoms with Crippen molar-refractivity contribution in [3.8, 4) is 0 Å². The smallest absolute Gasteiger partial charge is 0.321 e. The first-order valence-corrected chi connectivity index (χ1v) is 7.02. The Morgan fingerprint density at radius 1 is 1.55 bits per heavy atom. The van der Waals surface area contributed by atoms with Crippen molar-refractivity contribution in [1.29, 1.82) is 0 Å². The molecule has 0 saturated carbocycles. The zero-order valence-corrected chi connectivity index (χ0v) is 12.1. The van der Waals surface area contributed by atoms with Gasteiger partial charge in [-0.15, -0.1) is 10.2 Å². The quantitative estimate of drug-likeness (QED) is 0.853. The van der Waals surface area contributed by atoms with E-state index in [1.54, 1.807) is 12.6 Å². The number of anilines is 1. The lowest BCUT2D eigenvalue weighted by Gasteiger charge is -2.15. The molecule has 20 heavy (non-hydrogen) atoms. The second-order valence-electron chi connectivity index (χ2n) is 4.01. The Balaban J connectivity index is 1.99. The normalized spacial score (nSPS) is 12.1. The molecule has 0 radical (unpaired) electrons. The van der Waals surface area contributed by atoms with E-state index in [4.69, 9.17) is 9.15 Å². The summed E-state index contributed by atoms with van der Waals surface area (Å²) < 4.78 is 10.7. The Morgan fingerprint density at radius 3 is 3.00 bits per heavy atom. The summed E-state index contributed by atoms with van der Waals surface area (Å²) in [6, 6.07) is 3.00. The molecule has 2 aromatic heterocycles. The van der Waals surface area contributed by atoms with Gasteiger partial charge in [0.05, 0.1) is 6.61 Å². The fourth-order valence-electron chi connectivity index (χ4n) is 1.65. The molecule has 8 heteroatoms. The topological polar surface area (TPSA) is 89.3 Å². The van der Waals surface area contributed by atoms with Gasteiger partial charge in [0.2, 0.25) is 5.13 Å². The number of amides is 2. The van der Waals surface area contributed by atoms with Crippen LogP contribution in [0.15, 0.2) is 22.1 Å². The number of carbonyl (C=O) groups excluding carboxylic acids is 1. The maximum atomic E-state index is 11.9. The molecule has 2 rings (SSSR count). The van der Waals surface area contributed by atoms with Gasteiger partial charge in [-0.1, -0.05) is 18.3 Å². The SMILES string of the molecule is CCc1ccc([C@H](COC)NC(=O)Nc2nncs2)o1. The maximum absolute atomic E-state index is 11.9. The summed E-state index contributed by atoms with van der Waals surface area (Å²) in [5.74, 6) is 1.53. The van der Waals surface area contributed by atoms with Gasteiger partial charge in [-0.2, -0.15) is 0 Å². The van der Waals surface area contributed by atoms with E-state index in [1.165, 1.54) is 11.3 Å². The zero-order chi connectivity index (χ0) is 14.4. The fourth-order valence-corrected chi connectivity index (χ4v) is 2.09. The van der Waals surface area contributed by atoms with Gasteiger partial charge in [0.25, 0.3) is 0 Å². The maximum Gasteiger partial charge on any atom is 0.321 e. The second kappa shape index (κ2) is 7.01.